The molecule has 0 spiro atoms. The van der Waals surface area contributed by atoms with Crippen molar-refractivity contribution in [2.24, 2.45) is 0 Å². The highest BCUT2D eigenvalue weighted by Crippen LogP contribution is 2.49. The summed E-state index contributed by atoms with van der Waals surface area (Å²) in [4.78, 5) is 2.46. The van der Waals surface area contributed by atoms with Gasteiger partial charge >= 0.3 is 0 Å². The van der Waals surface area contributed by atoms with E-state index in [0.29, 0.717) is 0 Å². The topological polar surface area (TPSA) is 20.8 Å². The van der Waals surface area contributed by atoms with E-state index in [-0.39, 0.29) is 5.41 Å². The third-order valence-electron chi connectivity index (χ3n) is 12.7. The van der Waals surface area contributed by atoms with Crippen LogP contribution in [0.25, 0.3) is 67.1 Å². The Hall–Kier alpha value is -6.32. The van der Waals surface area contributed by atoms with Gasteiger partial charge in [0.1, 0.15) is 11.3 Å². The molecule has 0 bridgehead atoms. The Morgan fingerprint density at radius 3 is 2.50 bits per heavy atom. The maximum atomic E-state index is 6.40. The molecule has 3 aromatic heterocycles. The molecule has 0 saturated carbocycles. The first-order chi connectivity index (χ1) is 27.4. The first-order valence-electron chi connectivity index (χ1n) is 20.2. The first kappa shape index (κ1) is 33.1. The molecule has 8 aromatic rings. The maximum absolute atomic E-state index is 6.40. The molecule has 3 aliphatic carbocycles. The third-order valence-corrected chi connectivity index (χ3v) is 12.7. The molecule has 0 amide bonds. The van der Waals surface area contributed by atoms with Crippen molar-refractivity contribution in [2.75, 3.05) is 4.90 Å². The number of aryl methyl sites for hydroxylation is 1. The highest BCUT2D eigenvalue weighted by atomic mass is 16.3. The van der Waals surface area contributed by atoms with Crippen molar-refractivity contribution in [3.05, 3.63) is 172 Å². The zero-order valence-corrected chi connectivity index (χ0v) is 32.5. The lowest BCUT2D eigenvalue weighted by Gasteiger charge is -2.27. The molecule has 0 fully saturated rings. The summed E-state index contributed by atoms with van der Waals surface area (Å²) in [6.45, 7) is 9.21. The summed E-state index contributed by atoms with van der Waals surface area (Å²) in [6.07, 6.45) is 19.9. The molecule has 3 heterocycles. The number of hydrogen-bond acceptors (Lipinski definition) is 2. The van der Waals surface area contributed by atoms with Gasteiger partial charge in [0.05, 0.1) is 22.2 Å². The van der Waals surface area contributed by atoms with Gasteiger partial charge in [0.2, 0.25) is 0 Å². The molecule has 11 rings (SSSR count). The number of furan rings is 1. The summed E-state index contributed by atoms with van der Waals surface area (Å²) >= 11 is 0. The SMILES string of the molecule is CC/C=C\C1=C(C)c2cc(-c3ccc(N(c4ccc5oc6c(c5c4)C=CCC6)c4cccc5c6c7c(c8ccccc8n7c45)=CC=CC6)cc3)ccc2C1(C)C. The smallest absolute Gasteiger partial charge is 0.135 e. The normalized spacial score (nSPS) is 15.7. The number of hydrogen-bond donors (Lipinski definition) is 0. The highest BCUT2D eigenvalue weighted by molar-refractivity contribution is 6.09. The Bertz CT molecular complexity index is 3120. The van der Waals surface area contributed by atoms with Crippen LogP contribution in [-0.2, 0) is 18.3 Å². The summed E-state index contributed by atoms with van der Waals surface area (Å²) < 4.78 is 8.93. The fraction of sp³-hybridized carbons (Fsp3) is 0.170. The van der Waals surface area contributed by atoms with Crippen LogP contribution < -0.4 is 10.1 Å². The largest absolute Gasteiger partial charge is 0.460 e. The van der Waals surface area contributed by atoms with Gasteiger partial charge in [-0.1, -0.05) is 118 Å². The molecule has 272 valence electrons. The quantitative estimate of drug-likeness (QED) is 0.170. The minimum atomic E-state index is -0.00898. The Balaban J connectivity index is 1.12. The summed E-state index contributed by atoms with van der Waals surface area (Å²) in [6, 6.07) is 38.7. The van der Waals surface area contributed by atoms with Gasteiger partial charge in [0.15, 0.2) is 0 Å². The molecular weight excluding hydrogens is 681 g/mol. The van der Waals surface area contributed by atoms with Gasteiger partial charge in [-0.3, -0.25) is 0 Å². The first-order valence-corrected chi connectivity index (χ1v) is 20.2. The molecule has 0 N–H and O–H groups in total. The standard InChI is InChI=1S/C53H44N2O/c1-5-6-19-45-33(2)43-31-35(25-29-46(43)53(45,3)4)34-23-26-36(27-24-34)54(37-28-30-50-44(32-37)39-15-10-12-22-49(39)56-50)48-21-13-18-42-41-17-8-7-16-40-38-14-9-11-20-47(38)55(51(40)41)52(42)48/h6-11,13-16,18-21,23-32H,5,12,17,22H2,1-4H3/b19-6-. The van der Waals surface area contributed by atoms with Gasteiger partial charge in [-0.25, -0.2) is 0 Å². The number of anilines is 3. The van der Waals surface area contributed by atoms with Crippen LogP contribution in [0, 0.1) is 0 Å². The monoisotopic (exact) mass is 724 g/mol. The van der Waals surface area contributed by atoms with Gasteiger partial charge in [-0.15, -0.1) is 0 Å². The van der Waals surface area contributed by atoms with Crippen LogP contribution >= 0.6 is 0 Å². The number of aromatic nitrogens is 1. The second kappa shape index (κ2) is 12.3. The van der Waals surface area contributed by atoms with E-state index in [0.717, 1.165) is 59.5 Å². The zero-order chi connectivity index (χ0) is 37.7. The van der Waals surface area contributed by atoms with Crippen LogP contribution in [-0.4, -0.2) is 4.40 Å². The predicted octanol–water partition coefficient (Wildman–Crippen LogP) is 13.7. The highest BCUT2D eigenvalue weighted by Gasteiger charge is 2.35. The van der Waals surface area contributed by atoms with Crippen molar-refractivity contribution in [1.82, 2.24) is 4.40 Å². The van der Waals surface area contributed by atoms with Crippen LogP contribution in [0.2, 0.25) is 0 Å². The molecule has 0 radical (unpaired) electrons. The summed E-state index contributed by atoms with van der Waals surface area (Å²) in [5.41, 5.74) is 18.7. The fourth-order valence-electron chi connectivity index (χ4n) is 10.1. The fourth-order valence-corrected chi connectivity index (χ4v) is 10.1. The minimum absolute atomic E-state index is 0.00898. The van der Waals surface area contributed by atoms with Gasteiger partial charge in [-0.2, -0.15) is 0 Å². The molecule has 3 aliphatic rings. The van der Waals surface area contributed by atoms with Crippen molar-refractivity contribution < 1.29 is 4.42 Å². The lowest BCUT2D eigenvalue weighted by Crippen LogP contribution is -2.16. The lowest BCUT2D eigenvalue weighted by molar-refractivity contribution is 0.546. The number of para-hydroxylation sites is 2. The number of nitrogens with zero attached hydrogens (tertiary/aromatic N) is 2. The molecule has 0 unspecified atom stereocenters. The number of rotatable bonds is 6. The Morgan fingerprint density at radius 1 is 0.804 bits per heavy atom. The van der Waals surface area contributed by atoms with E-state index in [2.05, 4.69) is 183 Å². The molecule has 0 saturated heterocycles. The predicted molar refractivity (Wildman–Crippen MR) is 237 cm³/mol. The van der Waals surface area contributed by atoms with Crippen molar-refractivity contribution in [2.45, 2.75) is 58.8 Å². The third kappa shape index (κ3) is 4.70. The van der Waals surface area contributed by atoms with Gasteiger partial charge < -0.3 is 13.7 Å². The van der Waals surface area contributed by atoms with E-state index in [4.69, 9.17) is 4.42 Å². The summed E-state index contributed by atoms with van der Waals surface area (Å²) in [5, 5.41) is 5.05. The van der Waals surface area contributed by atoms with Gasteiger partial charge in [-0.05, 0) is 114 Å². The van der Waals surface area contributed by atoms with E-state index >= 15 is 0 Å². The Morgan fingerprint density at radius 2 is 1.62 bits per heavy atom. The zero-order valence-electron chi connectivity index (χ0n) is 32.5. The average Bonchev–Trinajstić information content (AvgIpc) is 3.86. The maximum Gasteiger partial charge on any atom is 0.135 e. The van der Waals surface area contributed by atoms with Gasteiger partial charge in [0, 0.05) is 50.2 Å². The van der Waals surface area contributed by atoms with Crippen LogP contribution in [0.15, 0.2) is 143 Å². The number of benzene rings is 5. The van der Waals surface area contributed by atoms with E-state index in [1.54, 1.807) is 0 Å². The Kier molecular flexibility index (Phi) is 7.29. The molecular formula is C53H44N2O. The van der Waals surface area contributed by atoms with Crippen molar-refractivity contribution >= 4 is 73.1 Å². The van der Waals surface area contributed by atoms with Crippen molar-refractivity contribution in [3.63, 3.8) is 0 Å². The number of fused-ring (bicyclic) bond motifs is 10. The molecule has 56 heavy (non-hydrogen) atoms. The van der Waals surface area contributed by atoms with E-state index in [1.807, 2.05) is 0 Å². The van der Waals surface area contributed by atoms with Crippen LogP contribution in [0.5, 0.6) is 0 Å². The van der Waals surface area contributed by atoms with E-state index in [9.17, 15) is 0 Å². The molecule has 0 atom stereocenters. The molecule has 0 aliphatic heterocycles. The van der Waals surface area contributed by atoms with E-state index in [1.165, 1.54) is 77.1 Å². The summed E-state index contributed by atoms with van der Waals surface area (Å²) in [7, 11) is 0. The van der Waals surface area contributed by atoms with Crippen LogP contribution in [0.3, 0.4) is 0 Å². The molecule has 3 heteroatoms. The van der Waals surface area contributed by atoms with Crippen molar-refractivity contribution in [3.8, 4) is 11.1 Å². The minimum Gasteiger partial charge on any atom is -0.460 e. The average molecular weight is 725 g/mol. The van der Waals surface area contributed by atoms with Gasteiger partial charge in [0.25, 0.3) is 0 Å². The second-order valence-electron chi connectivity index (χ2n) is 16.2. The number of allylic oxidation sites excluding steroid dienone is 7. The van der Waals surface area contributed by atoms with Crippen molar-refractivity contribution in [1.29, 1.82) is 0 Å². The molecule has 5 aromatic carbocycles. The molecule has 3 nitrogen and oxygen atoms in total. The van der Waals surface area contributed by atoms with Crippen LogP contribution in [0.4, 0.5) is 17.1 Å². The summed E-state index contributed by atoms with van der Waals surface area (Å²) in [5.74, 6) is 1.08. The lowest BCUT2D eigenvalue weighted by atomic mass is 9.80. The van der Waals surface area contributed by atoms with Crippen LogP contribution in [0.1, 0.15) is 68.6 Å². The second-order valence-corrected chi connectivity index (χ2v) is 16.2. The van der Waals surface area contributed by atoms with E-state index < -0.39 is 0 Å². The Labute approximate surface area is 327 Å².